The normalized spacial score (nSPS) is 26.1. The second-order valence-electron chi connectivity index (χ2n) is 5.96. The summed E-state index contributed by atoms with van der Waals surface area (Å²) in [5, 5.41) is 3.73. The van der Waals surface area contributed by atoms with Crippen molar-refractivity contribution >= 4 is 0 Å². The van der Waals surface area contributed by atoms with Crippen LogP contribution in [0.5, 0.6) is 0 Å². The summed E-state index contributed by atoms with van der Waals surface area (Å²) in [6.45, 7) is 11.5. The van der Waals surface area contributed by atoms with Crippen molar-refractivity contribution in [1.29, 1.82) is 0 Å². The minimum Gasteiger partial charge on any atom is -0.380 e. The first-order valence-electron chi connectivity index (χ1n) is 7.78. The van der Waals surface area contributed by atoms with Crippen LogP contribution < -0.4 is 5.32 Å². The van der Waals surface area contributed by atoms with Crippen molar-refractivity contribution in [3.63, 3.8) is 0 Å². The first-order valence-corrected chi connectivity index (χ1v) is 7.78. The molecule has 1 heterocycles. The van der Waals surface area contributed by atoms with Crippen molar-refractivity contribution in [3.05, 3.63) is 35.9 Å². The van der Waals surface area contributed by atoms with E-state index in [4.69, 9.17) is 4.74 Å². The van der Waals surface area contributed by atoms with Gasteiger partial charge in [-0.05, 0) is 45.8 Å². The summed E-state index contributed by atoms with van der Waals surface area (Å²) < 4.78 is 5.60. The Labute approximate surface area is 123 Å². The molecule has 0 spiro atoms. The van der Waals surface area contributed by atoms with Gasteiger partial charge < -0.3 is 10.1 Å². The fourth-order valence-electron chi connectivity index (χ4n) is 2.96. The summed E-state index contributed by atoms with van der Waals surface area (Å²) in [5.74, 6) is 0. The lowest BCUT2D eigenvalue weighted by atomic mass is 9.91. The molecule has 1 aromatic rings. The predicted octanol–water partition coefficient (Wildman–Crippen LogP) is 2.62. The van der Waals surface area contributed by atoms with E-state index in [2.05, 4.69) is 61.3 Å². The highest BCUT2D eigenvalue weighted by Gasteiger charge is 2.32. The quantitative estimate of drug-likeness (QED) is 0.895. The van der Waals surface area contributed by atoms with Gasteiger partial charge in [-0.15, -0.1) is 0 Å². The minimum atomic E-state index is 0.0260. The molecule has 1 aromatic carbocycles. The van der Waals surface area contributed by atoms with Gasteiger partial charge in [0.15, 0.2) is 0 Å². The number of nitrogens with zero attached hydrogens (tertiary/aromatic N) is 1. The van der Waals surface area contributed by atoms with Crippen LogP contribution in [-0.4, -0.2) is 43.8 Å². The Morgan fingerprint density at radius 2 is 2.10 bits per heavy atom. The summed E-state index contributed by atoms with van der Waals surface area (Å²) >= 11 is 0. The Kier molecular flexibility index (Phi) is 5.58. The zero-order chi connectivity index (χ0) is 14.4. The third-order valence-electron chi connectivity index (χ3n) is 4.25. The maximum absolute atomic E-state index is 5.60. The van der Waals surface area contributed by atoms with Crippen LogP contribution in [0.3, 0.4) is 0 Å². The van der Waals surface area contributed by atoms with Crippen molar-refractivity contribution in [2.75, 3.05) is 32.8 Å². The molecule has 3 heteroatoms. The first-order chi connectivity index (χ1) is 9.65. The fourth-order valence-corrected chi connectivity index (χ4v) is 2.96. The molecule has 1 saturated heterocycles. The molecule has 1 fully saturated rings. The topological polar surface area (TPSA) is 24.5 Å². The average Bonchev–Trinajstić information content (AvgIpc) is 2.69. The van der Waals surface area contributed by atoms with E-state index in [9.17, 15) is 0 Å². The lowest BCUT2D eigenvalue weighted by Crippen LogP contribution is -2.49. The van der Waals surface area contributed by atoms with E-state index in [-0.39, 0.29) is 5.54 Å². The van der Waals surface area contributed by atoms with Crippen LogP contribution in [0.1, 0.15) is 32.8 Å². The summed E-state index contributed by atoms with van der Waals surface area (Å²) in [4.78, 5) is 2.56. The van der Waals surface area contributed by atoms with Crippen molar-refractivity contribution in [2.24, 2.45) is 0 Å². The van der Waals surface area contributed by atoms with Crippen LogP contribution in [0.15, 0.2) is 30.3 Å². The molecule has 0 aromatic heterocycles. The molecule has 3 nitrogen and oxygen atoms in total. The highest BCUT2D eigenvalue weighted by atomic mass is 16.5. The van der Waals surface area contributed by atoms with Crippen LogP contribution in [0.4, 0.5) is 0 Å². The van der Waals surface area contributed by atoms with Crippen LogP contribution in [0.25, 0.3) is 0 Å². The molecular formula is C17H28N2O. The molecule has 20 heavy (non-hydrogen) atoms. The molecule has 0 bridgehead atoms. The van der Waals surface area contributed by atoms with Gasteiger partial charge in [0.05, 0.1) is 12.1 Å². The zero-order valence-corrected chi connectivity index (χ0v) is 13.1. The molecule has 2 rings (SSSR count). The van der Waals surface area contributed by atoms with Gasteiger partial charge in [-0.3, -0.25) is 4.90 Å². The Balaban J connectivity index is 2.10. The number of benzene rings is 1. The van der Waals surface area contributed by atoms with Crippen molar-refractivity contribution < 1.29 is 4.74 Å². The monoisotopic (exact) mass is 276 g/mol. The summed E-state index contributed by atoms with van der Waals surface area (Å²) in [6.07, 6.45) is 1.19. The van der Waals surface area contributed by atoms with Crippen LogP contribution in [0.2, 0.25) is 0 Å². The number of rotatable bonds is 5. The lowest BCUT2D eigenvalue weighted by molar-refractivity contribution is 0.0649. The largest absolute Gasteiger partial charge is 0.380 e. The lowest BCUT2D eigenvalue weighted by Gasteiger charge is -2.36. The molecule has 0 amide bonds. The van der Waals surface area contributed by atoms with Gasteiger partial charge >= 0.3 is 0 Å². The molecule has 0 saturated carbocycles. The van der Waals surface area contributed by atoms with Crippen LogP contribution >= 0.6 is 0 Å². The Bertz CT molecular complexity index is 395. The molecule has 1 N–H and O–H groups in total. The highest BCUT2D eigenvalue weighted by Crippen LogP contribution is 2.25. The Morgan fingerprint density at radius 1 is 1.35 bits per heavy atom. The molecule has 2 unspecified atom stereocenters. The molecule has 2 atom stereocenters. The van der Waals surface area contributed by atoms with E-state index in [1.54, 1.807) is 0 Å². The maximum atomic E-state index is 5.60. The summed E-state index contributed by atoms with van der Waals surface area (Å²) in [7, 11) is 0. The minimum absolute atomic E-state index is 0.0260. The van der Waals surface area contributed by atoms with Gasteiger partial charge in [-0.25, -0.2) is 0 Å². The Morgan fingerprint density at radius 3 is 2.80 bits per heavy atom. The predicted molar refractivity (Wildman–Crippen MR) is 83.9 cm³/mol. The molecule has 1 aliphatic rings. The van der Waals surface area contributed by atoms with Gasteiger partial charge in [0, 0.05) is 19.2 Å². The zero-order valence-electron chi connectivity index (χ0n) is 13.1. The maximum Gasteiger partial charge on any atom is 0.0619 e. The number of hydrogen-bond acceptors (Lipinski definition) is 3. The first kappa shape index (κ1) is 15.5. The third kappa shape index (κ3) is 3.81. The molecule has 0 radical (unpaired) electrons. The smallest absolute Gasteiger partial charge is 0.0619 e. The number of hydrogen-bond donors (Lipinski definition) is 1. The van der Waals surface area contributed by atoms with Gasteiger partial charge in [-0.2, -0.15) is 0 Å². The summed E-state index contributed by atoms with van der Waals surface area (Å²) in [6, 6.07) is 11.3. The van der Waals surface area contributed by atoms with E-state index in [0.29, 0.717) is 6.04 Å². The van der Waals surface area contributed by atoms with Crippen molar-refractivity contribution in [1.82, 2.24) is 10.2 Å². The fraction of sp³-hybridized carbons (Fsp3) is 0.647. The van der Waals surface area contributed by atoms with E-state index in [1.807, 2.05) is 0 Å². The van der Waals surface area contributed by atoms with Crippen molar-refractivity contribution in [2.45, 2.75) is 38.8 Å². The van der Waals surface area contributed by atoms with Gasteiger partial charge in [0.25, 0.3) is 0 Å². The van der Waals surface area contributed by atoms with Gasteiger partial charge in [-0.1, -0.05) is 30.3 Å². The second kappa shape index (κ2) is 7.21. The number of ether oxygens (including phenoxy) is 1. The van der Waals surface area contributed by atoms with Crippen molar-refractivity contribution in [3.8, 4) is 0 Å². The molecular weight excluding hydrogens is 248 g/mol. The Hall–Kier alpha value is -0.900. The van der Waals surface area contributed by atoms with E-state index >= 15 is 0 Å². The van der Waals surface area contributed by atoms with Crippen LogP contribution in [0, 0.1) is 0 Å². The van der Waals surface area contributed by atoms with Crippen LogP contribution in [-0.2, 0) is 10.3 Å². The van der Waals surface area contributed by atoms with E-state index < -0.39 is 0 Å². The van der Waals surface area contributed by atoms with Gasteiger partial charge in [0.2, 0.25) is 0 Å². The highest BCUT2D eigenvalue weighted by molar-refractivity contribution is 5.24. The molecule has 1 aliphatic heterocycles. The van der Waals surface area contributed by atoms with Gasteiger partial charge in [0.1, 0.15) is 0 Å². The molecule has 0 aliphatic carbocycles. The van der Waals surface area contributed by atoms with E-state index in [1.165, 1.54) is 12.0 Å². The average molecular weight is 276 g/mol. The van der Waals surface area contributed by atoms with E-state index in [0.717, 1.165) is 32.8 Å². The standard InChI is InChI=1S/C17H28N2O/c1-4-20-13-15(2)19-12-8-11-18-17(3,14-19)16-9-6-5-7-10-16/h5-7,9-10,15,18H,4,8,11-14H2,1-3H3. The second-order valence-corrected chi connectivity index (χ2v) is 5.96. The number of nitrogens with one attached hydrogen (secondary N) is 1. The molecule has 112 valence electrons. The SMILES string of the molecule is CCOCC(C)N1CCCNC(C)(c2ccccc2)C1. The third-order valence-corrected chi connectivity index (χ3v) is 4.25. The summed E-state index contributed by atoms with van der Waals surface area (Å²) in [5.41, 5.74) is 1.40.